The number of rotatable bonds is 5. The van der Waals surface area contributed by atoms with Gasteiger partial charge in [-0.1, -0.05) is 17.7 Å². The van der Waals surface area contributed by atoms with Crippen LogP contribution in [0.5, 0.6) is 0 Å². The SMILES string of the molecule is Cc1ccc(N2CCC[C@H](NC(=O)CCn3cc(C)cn3)C2=O)cc1. The number of aryl methyl sites for hydroxylation is 3. The third-order valence-electron chi connectivity index (χ3n) is 4.45. The summed E-state index contributed by atoms with van der Waals surface area (Å²) in [5.41, 5.74) is 3.12. The number of amides is 2. The van der Waals surface area contributed by atoms with Crippen molar-refractivity contribution in [3.8, 4) is 0 Å². The molecule has 2 heterocycles. The summed E-state index contributed by atoms with van der Waals surface area (Å²) < 4.78 is 1.75. The lowest BCUT2D eigenvalue weighted by Crippen LogP contribution is -2.52. The summed E-state index contributed by atoms with van der Waals surface area (Å²) in [6.45, 7) is 5.19. The van der Waals surface area contributed by atoms with Crippen LogP contribution in [0.4, 0.5) is 5.69 Å². The van der Waals surface area contributed by atoms with Crippen LogP contribution in [0.3, 0.4) is 0 Å². The van der Waals surface area contributed by atoms with Crippen LogP contribution in [0.2, 0.25) is 0 Å². The smallest absolute Gasteiger partial charge is 0.249 e. The lowest BCUT2D eigenvalue weighted by Gasteiger charge is -2.32. The number of benzene rings is 1. The first-order valence-corrected chi connectivity index (χ1v) is 8.69. The molecular formula is C19H24N4O2. The molecule has 1 N–H and O–H groups in total. The summed E-state index contributed by atoms with van der Waals surface area (Å²) in [6.07, 6.45) is 5.55. The van der Waals surface area contributed by atoms with Crippen LogP contribution in [-0.2, 0) is 16.1 Å². The van der Waals surface area contributed by atoms with Gasteiger partial charge in [0.25, 0.3) is 0 Å². The maximum Gasteiger partial charge on any atom is 0.249 e. The minimum atomic E-state index is -0.443. The molecule has 6 heteroatoms. The summed E-state index contributed by atoms with van der Waals surface area (Å²) in [6, 6.07) is 7.46. The monoisotopic (exact) mass is 340 g/mol. The van der Waals surface area contributed by atoms with Crippen molar-refractivity contribution in [2.45, 2.75) is 45.7 Å². The van der Waals surface area contributed by atoms with Gasteiger partial charge in [0.1, 0.15) is 6.04 Å². The van der Waals surface area contributed by atoms with Gasteiger partial charge in [0.2, 0.25) is 11.8 Å². The van der Waals surface area contributed by atoms with E-state index < -0.39 is 6.04 Å². The predicted octanol–water partition coefficient (Wildman–Crippen LogP) is 2.20. The maximum absolute atomic E-state index is 12.7. The zero-order valence-corrected chi connectivity index (χ0v) is 14.7. The summed E-state index contributed by atoms with van der Waals surface area (Å²) in [5.74, 6) is -0.143. The van der Waals surface area contributed by atoms with E-state index in [1.165, 1.54) is 0 Å². The van der Waals surface area contributed by atoms with Crippen molar-refractivity contribution in [3.63, 3.8) is 0 Å². The molecule has 1 aliphatic heterocycles. The van der Waals surface area contributed by atoms with E-state index in [1.807, 2.05) is 44.3 Å². The van der Waals surface area contributed by atoms with E-state index in [0.29, 0.717) is 25.9 Å². The number of hydrogen-bond acceptors (Lipinski definition) is 3. The number of piperidine rings is 1. The minimum absolute atomic E-state index is 0.0293. The number of nitrogens with one attached hydrogen (secondary N) is 1. The molecule has 6 nitrogen and oxygen atoms in total. The first-order valence-electron chi connectivity index (χ1n) is 8.69. The van der Waals surface area contributed by atoms with Gasteiger partial charge >= 0.3 is 0 Å². The average molecular weight is 340 g/mol. The highest BCUT2D eigenvalue weighted by Crippen LogP contribution is 2.21. The van der Waals surface area contributed by atoms with Crippen LogP contribution >= 0.6 is 0 Å². The van der Waals surface area contributed by atoms with Crippen LogP contribution in [0.15, 0.2) is 36.7 Å². The van der Waals surface area contributed by atoms with Crippen LogP contribution in [0, 0.1) is 13.8 Å². The summed E-state index contributed by atoms with van der Waals surface area (Å²) in [4.78, 5) is 26.7. The van der Waals surface area contributed by atoms with Gasteiger partial charge in [0, 0.05) is 31.4 Å². The Labute approximate surface area is 147 Å². The Balaban J connectivity index is 1.57. The van der Waals surface area contributed by atoms with E-state index in [1.54, 1.807) is 15.8 Å². The van der Waals surface area contributed by atoms with Crippen molar-refractivity contribution in [1.82, 2.24) is 15.1 Å². The molecule has 2 aromatic rings. The molecule has 0 aliphatic carbocycles. The van der Waals surface area contributed by atoms with Crippen molar-refractivity contribution < 1.29 is 9.59 Å². The van der Waals surface area contributed by atoms with E-state index in [9.17, 15) is 9.59 Å². The fourth-order valence-corrected chi connectivity index (χ4v) is 3.06. The largest absolute Gasteiger partial charge is 0.344 e. The second kappa shape index (κ2) is 7.51. The van der Waals surface area contributed by atoms with Gasteiger partial charge < -0.3 is 10.2 Å². The Morgan fingerprint density at radius 1 is 1.24 bits per heavy atom. The van der Waals surface area contributed by atoms with E-state index in [2.05, 4.69) is 10.4 Å². The van der Waals surface area contributed by atoms with Crippen molar-refractivity contribution >= 4 is 17.5 Å². The Morgan fingerprint density at radius 2 is 2.00 bits per heavy atom. The molecule has 132 valence electrons. The molecule has 1 saturated heterocycles. The molecule has 2 amide bonds. The molecule has 25 heavy (non-hydrogen) atoms. The van der Waals surface area contributed by atoms with Gasteiger partial charge in [0.05, 0.1) is 6.20 Å². The van der Waals surface area contributed by atoms with Crippen molar-refractivity contribution in [3.05, 3.63) is 47.8 Å². The van der Waals surface area contributed by atoms with Gasteiger partial charge in [-0.15, -0.1) is 0 Å². The second-order valence-corrected chi connectivity index (χ2v) is 6.62. The second-order valence-electron chi connectivity index (χ2n) is 6.62. The molecule has 0 saturated carbocycles. The minimum Gasteiger partial charge on any atom is -0.344 e. The molecular weight excluding hydrogens is 316 g/mol. The fraction of sp³-hybridized carbons (Fsp3) is 0.421. The van der Waals surface area contributed by atoms with E-state index >= 15 is 0 Å². The lowest BCUT2D eigenvalue weighted by molar-refractivity contribution is -0.128. The average Bonchev–Trinajstić information content (AvgIpc) is 3.01. The Bertz CT molecular complexity index is 751. The van der Waals surface area contributed by atoms with Gasteiger partial charge in [-0.25, -0.2) is 0 Å². The third kappa shape index (κ3) is 4.26. The standard InChI is InChI=1S/C19H24N4O2/c1-14-5-7-16(8-6-14)23-10-3-4-17(19(23)25)21-18(24)9-11-22-13-15(2)12-20-22/h5-8,12-13,17H,3-4,9-11H2,1-2H3,(H,21,24)/t17-/m0/s1. The first-order chi connectivity index (χ1) is 12.0. The number of anilines is 1. The molecule has 1 aliphatic rings. The van der Waals surface area contributed by atoms with Crippen molar-refractivity contribution in [1.29, 1.82) is 0 Å². The zero-order valence-electron chi connectivity index (χ0n) is 14.7. The lowest BCUT2D eigenvalue weighted by atomic mass is 10.0. The quantitative estimate of drug-likeness (QED) is 0.907. The molecule has 0 spiro atoms. The number of hydrogen-bond donors (Lipinski definition) is 1. The molecule has 0 radical (unpaired) electrons. The van der Waals surface area contributed by atoms with Gasteiger partial charge in [-0.2, -0.15) is 5.10 Å². The summed E-state index contributed by atoms with van der Waals surface area (Å²) >= 11 is 0. The van der Waals surface area contributed by atoms with E-state index in [0.717, 1.165) is 23.2 Å². The molecule has 1 aromatic carbocycles. The highest BCUT2D eigenvalue weighted by Gasteiger charge is 2.30. The molecule has 1 atom stereocenters. The Hall–Kier alpha value is -2.63. The van der Waals surface area contributed by atoms with E-state index in [-0.39, 0.29) is 11.8 Å². The van der Waals surface area contributed by atoms with Gasteiger partial charge in [-0.05, 0) is 44.4 Å². The molecule has 1 aromatic heterocycles. The normalized spacial score (nSPS) is 17.6. The molecule has 1 fully saturated rings. The highest BCUT2D eigenvalue weighted by molar-refractivity contribution is 5.99. The Kier molecular flexibility index (Phi) is 5.16. The number of nitrogens with zero attached hydrogens (tertiary/aromatic N) is 3. The van der Waals surface area contributed by atoms with Crippen LogP contribution in [-0.4, -0.2) is 34.2 Å². The number of carbonyl (C=O) groups is 2. The zero-order chi connectivity index (χ0) is 17.8. The summed E-state index contributed by atoms with van der Waals surface area (Å²) in [7, 11) is 0. The number of aromatic nitrogens is 2. The van der Waals surface area contributed by atoms with Crippen molar-refractivity contribution in [2.75, 3.05) is 11.4 Å². The van der Waals surface area contributed by atoms with Gasteiger partial charge in [-0.3, -0.25) is 14.3 Å². The molecule has 3 rings (SSSR count). The van der Waals surface area contributed by atoms with Crippen LogP contribution in [0.1, 0.15) is 30.4 Å². The van der Waals surface area contributed by atoms with Crippen LogP contribution < -0.4 is 10.2 Å². The van der Waals surface area contributed by atoms with Crippen LogP contribution in [0.25, 0.3) is 0 Å². The molecule has 0 bridgehead atoms. The first kappa shape index (κ1) is 17.2. The van der Waals surface area contributed by atoms with Crippen molar-refractivity contribution in [2.24, 2.45) is 0 Å². The summed E-state index contributed by atoms with van der Waals surface area (Å²) in [5, 5.41) is 7.06. The Morgan fingerprint density at radius 3 is 2.68 bits per heavy atom. The molecule has 0 unspecified atom stereocenters. The maximum atomic E-state index is 12.7. The predicted molar refractivity (Wildman–Crippen MR) is 96.3 cm³/mol. The fourth-order valence-electron chi connectivity index (χ4n) is 3.06. The topological polar surface area (TPSA) is 67.2 Å². The van der Waals surface area contributed by atoms with E-state index in [4.69, 9.17) is 0 Å². The third-order valence-corrected chi connectivity index (χ3v) is 4.45. The number of carbonyl (C=O) groups excluding carboxylic acids is 2. The van der Waals surface area contributed by atoms with Gasteiger partial charge in [0.15, 0.2) is 0 Å². The highest BCUT2D eigenvalue weighted by atomic mass is 16.2.